The molecule has 7 atom stereocenters. The lowest BCUT2D eigenvalue weighted by atomic mass is 9.50. The van der Waals surface area contributed by atoms with Gasteiger partial charge in [-0.15, -0.1) is 0 Å². The largest absolute Gasteiger partial charge is 0.449 e. The molecule has 7 fully saturated rings. The Morgan fingerprint density at radius 3 is 2.13 bits per heavy atom. The molecule has 12 heteroatoms. The third kappa shape index (κ3) is 7.42. The molecule has 0 radical (unpaired) electrons. The molecule has 3 aromatic rings. The fourth-order valence-electron chi connectivity index (χ4n) is 12.0. The van der Waals surface area contributed by atoms with Gasteiger partial charge in [0.15, 0.2) is 0 Å². The smallest absolute Gasteiger partial charge is 0.415 e. The molecule has 3 amide bonds. The standard InChI is InChI=1S/C48H57N3O9/c1-45(2,3)57-43(53)50-46-25-30-23-33(27-46)48(34(24-30)28-46)58-47(59-60-48)20-8-9-32(26-47)31-14-16-36(17-15-31)56-44(54)51-21-18-35(19-22-51)49-42(52)55-29-41-39-12-6-4-10-37(39)38-11-5-7-13-40(38)41/h4-7,10-17,30,32-35,41H,8-9,18-29H2,1-3H3,(H,49,52)(H,50,53)/t30?,32-,33-,34+,46?,47-,48?/m1/s1. The van der Waals surface area contributed by atoms with Gasteiger partial charge in [-0.3, -0.25) is 0 Å². The Hall–Kier alpha value is -4.65. The van der Waals surface area contributed by atoms with Gasteiger partial charge in [-0.1, -0.05) is 60.7 Å². The highest BCUT2D eigenvalue weighted by Crippen LogP contribution is 2.65. The van der Waals surface area contributed by atoms with Gasteiger partial charge in [-0.25, -0.2) is 14.4 Å². The maximum absolute atomic E-state index is 13.2. The van der Waals surface area contributed by atoms with Gasteiger partial charge in [0.2, 0.25) is 11.6 Å². The molecule has 5 saturated carbocycles. The van der Waals surface area contributed by atoms with E-state index in [0.717, 1.165) is 56.9 Å². The Bertz CT molecular complexity index is 2070. The number of ether oxygens (including phenoxy) is 4. The SMILES string of the molecule is CC(C)(C)OC(=O)NC12CC3C[C@H](C1)C1(OO[C@@]4(CCC[C@@H](c5ccc(OC(=O)N6CCC(NC(=O)OCC7c8ccccc8-c8ccccc87)CC6)cc5)C4)O1)[C@@H](C3)C2. The van der Waals surface area contributed by atoms with Crippen molar-refractivity contribution >= 4 is 18.3 Å². The van der Waals surface area contributed by atoms with Crippen LogP contribution in [0.1, 0.15) is 120 Å². The second kappa shape index (κ2) is 15.1. The summed E-state index contributed by atoms with van der Waals surface area (Å²) >= 11 is 0. The summed E-state index contributed by atoms with van der Waals surface area (Å²) in [5.74, 6) is -0.130. The molecule has 2 spiro atoms. The van der Waals surface area contributed by atoms with Gasteiger partial charge in [-0.2, -0.15) is 9.78 Å². The van der Waals surface area contributed by atoms with Crippen LogP contribution in [0.15, 0.2) is 72.8 Å². The minimum absolute atomic E-state index is 0.00389. The molecule has 3 unspecified atom stereocenters. The molecule has 2 aliphatic heterocycles. The van der Waals surface area contributed by atoms with Gasteiger partial charge < -0.3 is 34.5 Å². The molecule has 318 valence electrons. The van der Waals surface area contributed by atoms with Crippen molar-refractivity contribution in [3.05, 3.63) is 89.5 Å². The normalized spacial score (nSPS) is 31.8. The van der Waals surface area contributed by atoms with Crippen LogP contribution in [0.5, 0.6) is 5.75 Å². The lowest BCUT2D eigenvalue weighted by Crippen LogP contribution is -2.69. The number of fused-ring (bicyclic) bond motifs is 3. The summed E-state index contributed by atoms with van der Waals surface area (Å²) in [6.07, 6.45) is 7.99. The molecule has 3 aromatic carbocycles. The van der Waals surface area contributed by atoms with E-state index in [1.165, 1.54) is 22.3 Å². The van der Waals surface area contributed by atoms with E-state index in [1.807, 2.05) is 69.3 Å². The number of nitrogens with one attached hydrogen (secondary N) is 2. The Morgan fingerprint density at radius 2 is 1.47 bits per heavy atom. The number of rotatable bonds is 6. The highest BCUT2D eigenvalue weighted by molar-refractivity contribution is 5.79. The van der Waals surface area contributed by atoms with Crippen LogP contribution >= 0.6 is 0 Å². The first-order valence-corrected chi connectivity index (χ1v) is 22.1. The molecule has 0 aromatic heterocycles. The van der Waals surface area contributed by atoms with Crippen LogP contribution in [-0.2, 0) is 24.0 Å². The molecule has 2 saturated heterocycles. The second-order valence-corrected chi connectivity index (χ2v) is 19.6. The van der Waals surface area contributed by atoms with Crippen molar-refractivity contribution in [2.24, 2.45) is 17.8 Å². The number of amides is 3. The van der Waals surface area contributed by atoms with Gasteiger partial charge in [0.1, 0.15) is 18.0 Å². The van der Waals surface area contributed by atoms with Crippen LogP contribution in [0.2, 0.25) is 0 Å². The zero-order valence-electron chi connectivity index (χ0n) is 34.9. The molecule has 2 heterocycles. The van der Waals surface area contributed by atoms with E-state index >= 15 is 0 Å². The molecule has 2 N–H and O–H groups in total. The molecule has 4 bridgehead atoms. The van der Waals surface area contributed by atoms with Crippen LogP contribution in [0.4, 0.5) is 14.4 Å². The lowest BCUT2D eigenvalue weighted by molar-refractivity contribution is -0.391. The van der Waals surface area contributed by atoms with E-state index < -0.39 is 29.4 Å². The van der Waals surface area contributed by atoms with Crippen LogP contribution in [-0.4, -0.2) is 71.6 Å². The van der Waals surface area contributed by atoms with Crippen molar-refractivity contribution in [1.29, 1.82) is 0 Å². The van der Waals surface area contributed by atoms with E-state index in [4.69, 9.17) is 28.7 Å². The van der Waals surface area contributed by atoms with Crippen LogP contribution < -0.4 is 15.4 Å². The average Bonchev–Trinajstić information content (AvgIpc) is 3.74. The molecule has 12 nitrogen and oxygen atoms in total. The monoisotopic (exact) mass is 819 g/mol. The van der Waals surface area contributed by atoms with E-state index in [0.29, 0.717) is 44.0 Å². The Kier molecular flexibility index (Phi) is 9.91. The first kappa shape index (κ1) is 39.5. The van der Waals surface area contributed by atoms with E-state index in [-0.39, 0.29) is 48.0 Å². The van der Waals surface area contributed by atoms with Crippen molar-refractivity contribution in [1.82, 2.24) is 15.5 Å². The topological polar surface area (TPSA) is 134 Å². The van der Waals surface area contributed by atoms with Crippen molar-refractivity contribution in [3.63, 3.8) is 0 Å². The number of carbonyl (C=O) groups is 3. The summed E-state index contributed by atoms with van der Waals surface area (Å²) in [5.41, 5.74) is 5.03. The fraction of sp³-hybridized carbons (Fsp3) is 0.562. The minimum atomic E-state index is -0.818. The summed E-state index contributed by atoms with van der Waals surface area (Å²) in [6.45, 7) is 6.89. The number of alkyl carbamates (subject to hydrolysis) is 2. The van der Waals surface area contributed by atoms with Crippen LogP contribution in [0.3, 0.4) is 0 Å². The van der Waals surface area contributed by atoms with E-state index in [1.54, 1.807) is 4.90 Å². The van der Waals surface area contributed by atoms with Crippen LogP contribution in [0, 0.1) is 17.8 Å². The highest BCUT2D eigenvalue weighted by Gasteiger charge is 2.70. The Morgan fingerprint density at radius 1 is 0.800 bits per heavy atom. The summed E-state index contributed by atoms with van der Waals surface area (Å²) < 4.78 is 24.3. The zero-order valence-corrected chi connectivity index (χ0v) is 34.9. The number of hydrogen-bond acceptors (Lipinski definition) is 9. The fourth-order valence-corrected chi connectivity index (χ4v) is 12.0. The van der Waals surface area contributed by atoms with Gasteiger partial charge >= 0.3 is 18.3 Å². The first-order chi connectivity index (χ1) is 28.9. The van der Waals surface area contributed by atoms with Crippen molar-refractivity contribution in [3.8, 4) is 16.9 Å². The molecule has 60 heavy (non-hydrogen) atoms. The molecule has 8 aliphatic rings. The number of nitrogens with zero attached hydrogens (tertiary/aromatic N) is 1. The van der Waals surface area contributed by atoms with Gasteiger partial charge in [0.25, 0.3) is 0 Å². The third-order valence-corrected chi connectivity index (χ3v) is 14.4. The molecule has 11 rings (SSSR count). The average molecular weight is 820 g/mol. The van der Waals surface area contributed by atoms with Crippen molar-refractivity contribution in [2.75, 3.05) is 19.7 Å². The maximum atomic E-state index is 13.2. The van der Waals surface area contributed by atoms with E-state index in [9.17, 15) is 14.4 Å². The second-order valence-electron chi connectivity index (χ2n) is 19.6. The predicted octanol–water partition coefficient (Wildman–Crippen LogP) is 9.32. The Balaban J connectivity index is 0.693. The summed E-state index contributed by atoms with van der Waals surface area (Å²) in [6, 6.07) is 24.3. The van der Waals surface area contributed by atoms with Crippen molar-refractivity contribution < 1.29 is 43.1 Å². The van der Waals surface area contributed by atoms with Gasteiger partial charge in [0.05, 0.1) is 0 Å². The van der Waals surface area contributed by atoms with Crippen LogP contribution in [0.25, 0.3) is 11.1 Å². The summed E-state index contributed by atoms with van der Waals surface area (Å²) in [5, 5.41) is 6.30. The molecular formula is C48H57N3O9. The lowest BCUT2D eigenvalue weighted by Gasteiger charge is -2.62. The molecule has 6 aliphatic carbocycles. The maximum Gasteiger partial charge on any atom is 0.415 e. The number of carbonyl (C=O) groups excluding carboxylic acids is 3. The number of piperidine rings is 1. The highest BCUT2D eigenvalue weighted by atomic mass is 17.3. The van der Waals surface area contributed by atoms with Gasteiger partial charge in [-0.05, 0) is 130 Å². The quantitative estimate of drug-likeness (QED) is 0.234. The number of likely N-dealkylation sites (tertiary alicyclic amines) is 1. The molecular weight excluding hydrogens is 763 g/mol. The van der Waals surface area contributed by atoms with E-state index in [2.05, 4.69) is 34.9 Å². The first-order valence-electron chi connectivity index (χ1n) is 22.1. The van der Waals surface area contributed by atoms with Crippen molar-refractivity contribution in [2.45, 2.75) is 132 Å². The summed E-state index contributed by atoms with van der Waals surface area (Å²) in [7, 11) is 0. The number of hydrogen-bond donors (Lipinski definition) is 2. The predicted molar refractivity (Wildman–Crippen MR) is 221 cm³/mol. The van der Waals surface area contributed by atoms with Gasteiger partial charge in [0, 0.05) is 55.3 Å². The summed E-state index contributed by atoms with van der Waals surface area (Å²) in [4.78, 5) is 53.3. The minimum Gasteiger partial charge on any atom is -0.449 e. The third-order valence-electron chi connectivity index (χ3n) is 14.4. The zero-order chi connectivity index (χ0) is 41.3. The Labute approximate surface area is 351 Å². The number of benzene rings is 3.